The van der Waals surface area contributed by atoms with Crippen molar-refractivity contribution >= 4 is 0 Å². The van der Waals surface area contributed by atoms with Crippen LogP contribution in [0.5, 0.6) is 0 Å². The Labute approximate surface area is 70.4 Å². The zero-order valence-corrected chi connectivity index (χ0v) is 8.17. The molecule has 1 heteroatoms. The predicted molar refractivity (Wildman–Crippen MR) is 49.2 cm³/mol. The highest BCUT2D eigenvalue weighted by Gasteiger charge is 2.41. The van der Waals surface area contributed by atoms with Gasteiger partial charge in [-0.25, -0.2) is 0 Å². The van der Waals surface area contributed by atoms with E-state index in [0.717, 1.165) is 23.7 Å². The van der Waals surface area contributed by atoms with Crippen molar-refractivity contribution in [1.82, 2.24) is 0 Å². The zero-order valence-electron chi connectivity index (χ0n) is 8.17. The molecule has 66 valence electrons. The molecule has 3 atom stereocenters. The van der Waals surface area contributed by atoms with Crippen molar-refractivity contribution in [2.45, 2.75) is 40.2 Å². The molecule has 0 radical (unpaired) electrons. The zero-order chi connectivity index (χ0) is 8.59. The van der Waals surface area contributed by atoms with Crippen LogP contribution >= 0.6 is 0 Å². The minimum Gasteiger partial charge on any atom is -0.327 e. The molecule has 11 heavy (non-hydrogen) atoms. The second-order valence-electron chi connectivity index (χ2n) is 4.63. The molecule has 0 saturated heterocycles. The number of hydrogen-bond acceptors (Lipinski definition) is 1. The average Bonchev–Trinajstić information content (AvgIpc) is 1.80. The van der Waals surface area contributed by atoms with E-state index in [2.05, 4.69) is 27.7 Å². The molecule has 1 fully saturated rings. The molecule has 0 aliphatic heterocycles. The first-order valence-corrected chi connectivity index (χ1v) is 4.79. The number of hydrogen-bond donors (Lipinski definition) is 1. The Hall–Kier alpha value is -0.0400. The third kappa shape index (κ3) is 1.58. The summed E-state index contributed by atoms with van der Waals surface area (Å²) < 4.78 is 0. The van der Waals surface area contributed by atoms with Crippen LogP contribution in [0.15, 0.2) is 0 Å². The molecule has 0 aromatic heterocycles. The first kappa shape index (κ1) is 9.05. The van der Waals surface area contributed by atoms with E-state index in [1.165, 1.54) is 6.42 Å². The molecule has 1 nitrogen and oxygen atoms in total. The van der Waals surface area contributed by atoms with Crippen LogP contribution in [-0.2, 0) is 0 Å². The molecule has 0 bridgehead atoms. The largest absolute Gasteiger partial charge is 0.327 e. The second kappa shape index (κ2) is 3.14. The van der Waals surface area contributed by atoms with Crippen LogP contribution in [0.1, 0.15) is 34.1 Å². The fourth-order valence-corrected chi connectivity index (χ4v) is 2.46. The molecule has 1 aliphatic carbocycles. The molecule has 1 saturated carbocycles. The molecular weight excluding hydrogens is 134 g/mol. The second-order valence-corrected chi connectivity index (χ2v) is 4.63. The third-order valence-corrected chi connectivity index (χ3v) is 3.16. The van der Waals surface area contributed by atoms with Crippen molar-refractivity contribution in [3.05, 3.63) is 0 Å². The van der Waals surface area contributed by atoms with Crippen molar-refractivity contribution in [3.8, 4) is 0 Å². The topological polar surface area (TPSA) is 26.0 Å². The van der Waals surface area contributed by atoms with Crippen molar-refractivity contribution in [2.75, 3.05) is 0 Å². The first-order chi connectivity index (χ1) is 5.04. The van der Waals surface area contributed by atoms with E-state index in [-0.39, 0.29) is 0 Å². The van der Waals surface area contributed by atoms with E-state index in [9.17, 15) is 0 Å². The Morgan fingerprint density at radius 1 is 1.09 bits per heavy atom. The Bertz CT molecular complexity index is 124. The summed E-state index contributed by atoms with van der Waals surface area (Å²) in [5.74, 6) is 3.27. The van der Waals surface area contributed by atoms with E-state index in [4.69, 9.17) is 5.73 Å². The summed E-state index contributed by atoms with van der Waals surface area (Å²) in [6.07, 6.45) is 1.25. The van der Waals surface area contributed by atoms with Gasteiger partial charge in [-0.05, 0) is 30.1 Å². The summed E-state index contributed by atoms with van der Waals surface area (Å²) in [5, 5.41) is 0. The monoisotopic (exact) mass is 155 g/mol. The Kier molecular flexibility index (Phi) is 2.58. The Balaban J connectivity index is 2.48. The van der Waals surface area contributed by atoms with Crippen LogP contribution in [0, 0.1) is 23.7 Å². The minimum absolute atomic E-state index is 0.488. The van der Waals surface area contributed by atoms with Gasteiger partial charge in [-0.1, -0.05) is 27.7 Å². The third-order valence-electron chi connectivity index (χ3n) is 3.16. The summed E-state index contributed by atoms with van der Waals surface area (Å²) >= 11 is 0. The SMILES string of the molecule is CC(C)C1CC(N)C1C(C)C. The van der Waals surface area contributed by atoms with Crippen molar-refractivity contribution in [3.63, 3.8) is 0 Å². The molecule has 0 aromatic rings. The van der Waals surface area contributed by atoms with Gasteiger partial charge in [0, 0.05) is 6.04 Å². The van der Waals surface area contributed by atoms with Gasteiger partial charge in [-0.15, -0.1) is 0 Å². The summed E-state index contributed by atoms with van der Waals surface area (Å²) in [7, 11) is 0. The summed E-state index contributed by atoms with van der Waals surface area (Å²) in [5.41, 5.74) is 5.95. The molecule has 2 N–H and O–H groups in total. The minimum atomic E-state index is 0.488. The lowest BCUT2D eigenvalue weighted by atomic mass is 9.60. The normalized spacial score (nSPS) is 37.9. The molecule has 3 unspecified atom stereocenters. The summed E-state index contributed by atoms with van der Waals surface area (Å²) in [6, 6.07) is 0.488. The summed E-state index contributed by atoms with van der Waals surface area (Å²) in [4.78, 5) is 0. The van der Waals surface area contributed by atoms with Gasteiger partial charge in [-0.2, -0.15) is 0 Å². The number of nitrogens with two attached hydrogens (primary N) is 1. The smallest absolute Gasteiger partial charge is 0.00752 e. The van der Waals surface area contributed by atoms with Crippen LogP contribution in [0.2, 0.25) is 0 Å². The van der Waals surface area contributed by atoms with Gasteiger partial charge in [0.05, 0.1) is 0 Å². The standard InChI is InChI=1S/C10H21N/c1-6(2)8-5-9(11)10(8)7(3)4/h6-10H,5,11H2,1-4H3. The van der Waals surface area contributed by atoms with Crippen LogP contribution in [0.25, 0.3) is 0 Å². The van der Waals surface area contributed by atoms with Crippen molar-refractivity contribution in [1.29, 1.82) is 0 Å². The van der Waals surface area contributed by atoms with Crippen LogP contribution in [-0.4, -0.2) is 6.04 Å². The van der Waals surface area contributed by atoms with Gasteiger partial charge in [0.2, 0.25) is 0 Å². The van der Waals surface area contributed by atoms with E-state index in [1.54, 1.807) is 0 Å². The Morgan fingerprint density at radius 2 is 1.64 bits per heavy atom. The Morgan fingerprint density at radius 3 is 1.82 bits per heavy atom. The van der Waals surface area contributed by atoms with Gasteiger partial charge in [0.25, 0.3) is 0 Å². The molecule has 1 rings (SSSR count). The van der Waals surface area contributed by atoms with Gasteiger partial charge in [-0.3, -0.25) is 0 Å². The first-order valence-electron chi connectivity index (χ1n) is 4.79. The molecule has 1 aliphatic rings. The van der Waals surface area contributed by atoms with Crippen LogP contribution in [0.3, 0.4) is 0 Å². The fraction of sp³-hybridized carbons (Fsp3) is 1.00. The number of rotatable bonds is 2. The average molecular weight is 155 g/mol. The fourth-order valence-electron chi connectivity index (χ4n) is 2.46. The predicted octanol–water partition coefficient (Wildman–Crippen LogP) is 2.26. The molecule has 0 heterocycles. The van der Waals surface area contributed by atoms with Crippen molar-refractivity contribution < 1.29 is 0 Å². The summed E-state index contributed by atoms with van der Waals surface area (Å²) in [6.45, 7) is 9.20. The molecule has 0 spiro atoms. The van der Waals surface area contributed by atoms with Gasteiger partial charge >= 0.3 is 0 Å². The van der Waals surface area contributed by atoms with Crippen LogP contribution in [0.4, 0.5) is 0 Å². The molecular formula is C10H21N. The highest BCUT2D eigenvalue weighted by atomic mass is 14.7. The quantitative estimate of drug-likeness (QED) is 0.650. The van der Waals surface area contributed by atoms with E-state index < -0.39 is 0 Å². The van der Waals surface area contributed by atoms with Crippen molar-refractivity contribution in [2.24, 2.45) is 29.4 Å². The lowest BCUT2D eigenvalue weighted by molar-refractivity contribution is 0.0501. The van der Waals surface area contributed by atoms with Gasteiger partial charge < -0.3 is 5.73 Å². The molecule has 0 aromatic carbocycles. The maximum absolute atomic E-state index is 5.95. The lowest BCUT2D eigenvalue weighted by Crippen LogP contribution is -2.51. The van der Waals surface area contributed by atoms with E-state index in [1.807, 2.05) is 0 Å². The lowest BCUT2D eigenvalue weighted by Gasteiger charge is -2.47. The molecule has 0 amide bonds. The maximum atomic E-state index is 5.95. The van der Waals surface area contributed by atoms with E-state index in [0.29, 0.717) is 6.04 Å². The van der Waals surface area contributed by atoms with Crippen LogP contribution < -0.4 is 5.73 Å². The highest BCUT2D eigenvalue weighted by molar-refractivity contribution is 4.94. The van der Waals surface area contributed by atoms with Gasteiger partial charge in [0.1, 0.15) is 0 Å². The highest BCUT2D eigenvalue weighted by Crippen LogP contribution is 2.42. The maximum Gasteiger partial charge on any atom is 0.00752 e. The van der Waals surface area contributed by atoms with Gasteiger partial charge in [0.15, 0.2) is 0 Å². The van der Waals surface area contributed by atoms with E-state index >= 15 is 0 Å².